The van der Waals surface area contributed by atoms with Crippen molar-refractivity contribution in [2.24, 2.45) is 0 Å². The second kappa shape index (κ2) is 9.78. The molecule has 0 fully saturated rings. The lowest BCUT2D eigenvalue weighted by Crippen LogP contribution is -2.26. The lowest BCUT2D eigenvalue weighted by molar-refractivity contribution is 0.312. The summed E-state index contributed by atoms with van der Waals surface area (Å²) >= 11 is 6.38. The topological polar surface area (TPSA) is 102 Å². The molecule has 4 rings (SSSR count). The Morgan fingerprint density at radius 2 is 1.82 bits per heavy atom. The second-order valence-corrected chi connectivity index (χ2v) is 12.1. The van der Waals surface area contributed by atoms with Gasteiger partial charge in [-0.15, -0.1) is 0 Å². The van der Waals surface area contributed by atoms with E-state index in [1.807, 2.05) is 0 Å². The van der Waals surface area contributed by atoms with Crippen molar-refractivity contribution in [3.8, 4) is 11.6 Å². The van der Waals surface area contributed by atoms with Gasteiger partial charge < -0.3 is 29.6 Å². The zero-order chi connectivity index (χ0) is 24.5. The van der Waals surface area contributed by atoms with Crippen molar-refractivity contribution in [2.75, 3.05) is 51.8 Å². The number of fused-ring (bicyclic) bond motifs is 1. The molecule has 0 bridgehead atoms. The first kappa shape index (κ1) is 24.3. The van der Waals surface area contributed by atoms with Gasteiger partial charge in [-0.3, -0.25) is 0 Å². The molecule has 34 heavy (non-hydrogen) atoms. The average molecular weight is 503 g/mol. The molecule has 0 saturated carbocycles. The van der Waals surface area contributed by atoms with Crippen molar-refractivity contribution in [3.63, 3.8) is 0 Å². The molecule has 0 radical (unpaired) electrons. The largest absolute Gasteiger partial charge is 0.495 e. The molecule has 1 aliphatic rings. The molecule has 2 N–H and O–H groups in total. The van der Waals surface area contributed by atoms with Gasteiger partial charge in [0.05, 0.1) is 38.0 Å². The maximum Gasteiger partial charge on any atom is 0.229 e. The van der Waals surface area contributed by atoms with Gasteiger partial charge in [0.15, 0.2) is 5.82 Å². The quantitative estimate of drug-likeness (QED) is 0.459. The minimum Gasteiger partial charge on any atom is -0.495 e. The Morgan fingerprint density at radius 1 is 1.03 bits per heavy atom. The number of hydrogen-bond donors (Lipinski definition) is 2. The highest BCUT2D eigenvalue weighted by Crippen LogP contribution is 2.40. The van der Waals surface area contributed by atoms with Gasteiger partial charge >= 0.3 is 0 Å². The highest BCUT2D eigenvalue weighted by atomic mass is 35.5. The molecule has 0 atom stereocenters. The second-order valence-electron chi connectivity index (χ2n) is 8.54. The van der Waals surface area contributed by atoms with E-state index in [0.29, 0.717) is 33.7 Å². The predicted molar refractivity (Wildman–Crippen MR) is 137 cm³/mol. The Balaban J connectivity index is 1.66. The summed E-state index contributed by atoms with van der Waals surface area (Å²) in [6.45, 7) is 5.25. The van der Waals surface area contributed by atoms with Crippen LogP contribution in [0.1, 0.15) is 11.1 Å². The summed E-state index contributed by atoms with van der Waals surface area (Å²) in [6, 6.07) is 5.80. The standard InChI is InChI=1S/C23H28ClN6O3P/c1-30-7-6-14-9-19(32-2)17(8-15(14)13-30)28-23-26-11-16(24)22(29-23)27-18-12-25-21(33-3)10-20(18)34(4,5)31/h8-12H,6-7,13H2,1-5H3,(H2,26,27,28,29). The smallest absolute Gasteiger partial charge is 0.229 e. The van der Waals surface area contributed by atoms with Gasteiger partial charge in [0.1, 0.15) is 17.9 Å². The average Bonchev–Trinajstić information content (AvgIpc) is 2.80. The first-order chi connectivity index (χ1) is 16.2. The van der Waals surface area contributed by atoms with Crippen molar-refractivity contribution in [1.82, 2.24) is 19.9 Å². The summed E-state index contributed by atoms with van der Waals surface area (Å²) in [5.41, 5.74) is 3.82. The molecule has 0 saturated heterocycles. The maximum atomic E-state index is 12.9. The number of rotatable bonds is 7. The van der Waals surface area contributed by atoms with Crippen molar-refractivity contribution >= 4 is 47.2 Å². The summed E-state index contributed by atoms with van der Waals surface area (Å²) in [4.78, 5) is 15.4. The molecule has 9 nitrogen and oxygen atoms in total. The molecule has 0 spiro atoms. The molecular weight excluding hydrogens is 475 g/mol. The van der Waals surface area contributed by atoms with E-state index in [4.69, 9.17) is 21.1 Å². The number of methoxy groups -OCH3 is 2. The van der Waals surface area contributed by atoms with E-state index in [9.17, 15) is 4.57 Å². The number of aromatic nitrogens is 3. The predicted octanol–water partition coefficient (Wildman–Crippen LogP) is 4.27. The van der Waals surface area contributed by atoms with Gasteiger partial charge in [0.25, 0.3) is 0 Å². The highest BCUT2D eigenvalue weighted by molar-refractivity contribution is 7.70. The Bertz CT molecular complexity index is 1270. The van der Waals surface area contributed by atoms with Crippen LogP contribution in [0, 0.1) is 0 Å². The van der Waals surface area contributed by atoms with E-state index < -0.39 is 7.14 Å². The molecular formula is C23H28ClN6O3P. The molecule has 0 amide bonds. The van der Waals surface area contributed by atoms with Crippen LogP contribution in [0.2, 0.25) is 5.02 Å². The number of anilines is 4. The SMILES string of the molecule is COc1cc(P(C)(C)=O)c(Nc2nc(Nc3cc4c(cc3OC)CCN(C)C4)ncc2Cl)cn1. The molecule has 11 heteroatoms. The number of halogens is 1. The van der Waals surface area contributed by atoms with Crippen LogP contribution in [0.3, 0.4) is 0 Å². The van der Waals surface area contributed by atoms with E-state index in [0.717, 1.165) is 30.9 Å². The zero-order valence-corrected chi connectivity index (χ0v) is 21.5. The van der Waals surface area contributed by atoms with E-state index in [2.05, 4.69) is 49.7 Å². The van der Waals surface area contributed by atoms with Crippen molar-refractivity contribution in [1.29, 1.82) is 0 Å². The van der Waals surface area contributed by atoms with Crippen molar-refractivity contribution in [2.45, 2.75) is 13.0 Å². The van der Waals surface area contributed by atoms with Gasteiger partial charge in [-0.2, -0.15) is 4.98 Å². The normalized spacial score (nSPS) is 13.8. The summed E-state index contributed by atoms with van der Waals surface area (Å²) in [5.74, 6) is 1.80. The molecule has 0 aliphatic carbocycles. The molecule has 2 aromatic heterocycles. The van der Waals surface area contributed by atoms with Crippen LogP contribution in [0.5, 0.6) is 11.6 Å². The van der Waals surface area contributed by atoms with E-state index in [-0.39, 0.29) is 0 Å². The van der Waals surface area contributed by atoms with Crippen LogP contribution in [0.4, 0.5) is 23.1 Å². The van der Waals surface area contributed by atoms with Gasteiger partial charge in [-0.05, 0) is 50.1 Å². The Kier molecular flexibility index (Phi) is 6.98. The summed E-state index contributed by atoms with van der Waals surface area (Å²) < 4.78 is 23.7. The number of pyridine rings is 1. The Hall–Kier alpha value is -2.87. The van der Waals surface area contributed by atoms with Gasteiger partial charge in [-0.1, -0.05) is 11.6 Å². The number of likely N-dealkylation sites (N-methyl/N-ethyl adjacent to an activating group) is 1. The molecule has 1 aromatic carbocycles. The molecule has 3 heterocycles. The third-order valence-electron chi connectivity index (χ3n) is 5.61. The first-order valence-corrected chi connectivity index (χ1v) is 13.7. The van der Waals surface area contributed by atoms with E-state index in [1.54, 1.807) is 32.7 Å². The summed E-state index contributed by atoms with van der Waals surface area (Å²) in [6.07, 6.45) is 4.04. The van der Waals surface area contributed by atoms with Crippen LogP contribution in [-0.4, -0.2) is 61.0 Å². The third-order valence-corrected chi connectivity index (χ3v) is 7.42. The molecule has 3 aromatic rings. The molecule has 1 aliphatic heterocycles. The third kappa shape index (κ3) is 5.27. The molecule has 180 valence electrons. The highest BCUT2D eigenvalue weighted by Gasteiger charge is 2.21. The van der Waals surface area contributed by atoms with Crippen LogP contribution in [0.15, 0.2) is 30.6 Å². The Labute approximate surface area is 204 Å². The number of benzene rings is 1. The van der Waals surface area contributed by atoms with Crippen molar-refractivity contribution < 1.29 is 14.0 Å². The van der Waals surface area contributed by atoms with Crippen LogP contribution in [-0.2, 0) is 17.5 Å². The van der Waals surface area contributed by atoms with Crippen molar-refractivity contribution in [3.05, 3.63) is 46.7 Å². The Morgan fingerprint density at radius 3 is 2.53 bits per heavy atom. The number of nitrogens with zero attached hydrogens (tertiary/aromatic N) is 4. The van der Waals surface area contributed by atoms with Gasteiger partial charge in [-0.25, -0.2) is 9.97 Å². The fourth-order valence-corrected chi connectivity index (χ4v) is 5.09. The lowest BCUT2D eigenvalue weighted by atomic mass is 9.99. The van der Waals surface area contributed by atoms with Gasteiger partial charge in [0, 0.05) is 24.5 Å². The van der Waals surface area contributed by atoms with Crippen LogP contribution >= 0.6 is 18.7 Å². The lowest BCUT2D eigenvalue weighted by Gasteiger charge is -2.26. The maximum absolute atomic E-state index is 12.9. The fraction of sp³-hybridized carbons (Fsp3) is 0.348. The number of hydrogen-bond acceptors (Lipinski definition) is 9. The van der Waals surface area contributed by atoms with Crippen LogP contribution in [0.25, 0.3) is 0 Å². The van der Waals surface area contributed by atoms with Crippen LogP contribution < -0.4 is 25.4 Å². The first-order valence-electron chi connectivity index (χ1n) is 10.7. The number of ether oxygens (including phenoxy) is 2. The summed E-state index contributed by atoms with van der Waals surface area (Å²) in [5, 5.41) is 7.31. The monoisotopic (exact) mass is 502 g/mol. The van der Waals surface area contributed by atoms with Gasteiger partial charge in [0.2, 0.25) is 11.8 Å². The van der Waals surface area contributed by atoms with E-state index >= 15 is 0 Å². The summed E-state index contributed by atoms with van der Waals surface area (Å²) in [7, 11) is 2.62. The fourth-order valence-electron chi connectivity index (χ4n) is 3.84. The minimum absolute atomic E-state index is 0.313. The molecule has 0 unspecified atom stereocenters. The number of nitrogens with one attached hydrogen (secondary N) is 2. The zero-order valence-electron chi connectivity index (χ0n) is 19.8. The van der Waals surface area contributed by atoms with E-state index in [1.165, 1.54) is 24.4 Å². The minimum atomic E-state index is -2.65.